The molecule has 1 saturated heterocycles. The minimum absolute atomic E-state index is 0.0618. The molecule has 3 nitrogen and oxygen atoms in total. The molecule has 0 radical (unpaired) electrons. The Balaban J connectivity index is 1.82. The van der Waals surface area contributed by atoms with Crippen molar-refractivity contribution in [3.05, 3.63) is 64.4 Å². The van der Waals surface area contributed by atoms with Gasteiger partial charge in [-0.25, -0.2) is 0 Å². The van der Waals surface area contributed by atoms with Gasteiger partial charge in [0.05, 0.1) is 11.7 Å². The van der Waals surface area contributed by atoms with E-state index in [0.717, 1.165) is 22.3 Å². The number of rotatable bonds is 3. The molecule has 3 heterocycles. The van der Waals surface area contributed by atoms with Crippen LogP contribution in [-0.2, 0) is 0 Å². The van der Waals surface area contributed by atoms with Gasteiger partial charge in [-0.05, 0) is 30.2 Å². The normalized spacial score (nSPS) is 26.3. The van der Waals surface area contributed by atoms with Crippen LogP contribution in [0, 0.1) is 0 Å². The molecule has 0 N–H and O–H groups in total. The molecule has 0 spiro atoms. The highest BCUT2D eigenvalue weighted by Gasteiger charge is 2.45. The number of thioether (sulfide) groups is 1. The lowest BCUT2D eigenvalue weighted by molar-refractivity contribution is 0.254. The lowest BCUT2D eigenvalue weighted by Crippen LogP contribution is -2.35. The molecule has 2 aromatic rings. The van der Waals surface area contributed by atoms with Gasteiger partial charge in [-0.2, -0.15) is 0 Å². The molecule has 2 aliphatic rings. The van der Waals surface area contributed by atoms with Gasteiger partial charge in [-0.15, -0.1) is 0 Å². The number of fused-ring (bicyclic) bond motifs is 1. The molecule has 0 saturated carbocycles. The highest BCUT2D eigenvalue weighted by Crippen LogP contribution is 2.49. The zero-order valence-corrected chi connectivity index (χ0v) is 15.3. The van der Waals surface area contributed by atoms with E-state index in [-0.39, 0.29) is 12.1 Å². The summed E-state index contributed by atoms with van der Waals surface area (Å²) < 4.78 is 1.15. The van der Waals surface area contributed by atoms with E-state index in [0.29, 0.717) is 6.04 Å². The van der Waals surface area contributed by atoms with E-state index < -0.39 is 0 Å². The van der Waals surface area contributed by atoms with Gasteiger partial charge >= 0.3 is 0 Å². The second-order valence-corrected chi connectivity index (χ2v) is 7.70. The van der Waals surface area contributed by atoms with E-state index in [9.17, 15) is 0 Å². The Kier molecular flexibility index (Phi) is 4.16. The Labute approximate surface area is 149 Å². The monoisotopic (exact) mass is 387 g/mol. The molecule has 2 aliphatic heterocycles. The Morgan fingerprint density at radius 2 is 2.04 bits per heavy atom. The van der Waals surface area contributed by atoms with Crippen LogP contribution in [0.5, 0.6) is 0 Å². The summed E-state index contributed by atoms with van der Waals surface area (Å²) in [5.74, 6) is 1.13. The zero-order chi connectivity index (χ0) is 15.8. The summed E-state index contributed by atoms with van der Waals surface area (Å²) in [5.41, 5.74) is 2.34. The summed E-state index contributed by atoms with van der Waals surface area (Å²) in [4.78, 5) is 12.1. The highest BCUT2D eigenvalue weighted by atomic mass is 79.9. The quantitative estimate of drug-likeness (QED) is 0.755. The summed E-state index contributed by atoms with van der Waals surface area (Å²) in [7, 11) is 0. The van der Waals surface area contributed by atoms with Crippen molar-refractivity contribution >= 4 is 32.9 Å². The van der Waals surface area contributed by atoms with Gasteiger partial charge in [0.1, 0.15) is 6.04 Å². The number of benzene rings is 1. The van der Waals surface area contributed by atoms with Crippen molar-refractivity contribution in [1.29, 1.82) is 0 Å². The Bertz CT molecular complexity index is 734. The second kappa shape index (κ2) is 6.29. The molecule has 0 bridgehead atoms. The van der Waals surface area contributed by atoms with Crippen molar-refractivity contribution in [2.24, 2.45) is 4.99 Å². The van der Waals surface area contributed by atoms with Crippen molar-refractivity contribution in [3.63, 3.8) is 0 Å². The van der Waals surface area contributed by atoms with Crippen LogP contribution in [0.2, 0.25) is 0 Å². The molecule has 4 rings (SSSR count). The number of nitrogens with zero attached hydrogens (tertiary/aromatic N) is 3. The fourth-order valence-corrected chi connectivity index (χ4v) is 5.26. The van der Waals surface area contributed by atoms with Crippen molar-refractivity contribution in [1.82, 2.24) is 9.88 Å². The summed E-state index contributed by atoms with van der Waals surface area (Å²) in [6.45, 7) is 2.26. The van der Waals surface area contributed by atoms with E-state index in [1.165, 1.54) is 10.7 Å². The van der Waals surface area contributed by atoms with Crippen LogP contribution in [0.15, 0.2) is 58.1 Å². The summed E-state index contributed by atoms with van der Waals surface area (Å²) >= 11 is 5.62. The van der Waals surface area contributed by atoms with Crippen LogP contribution in [0.1, 0.15) is 36.7 Å². The summed E-state index contributed by atoms with van der Waals surface area (Å²) in [5, 5.41) is 1.17. The molecular formula is C18H18BrN3S. The first-order chi connectivity index (χ1) is 11.3. The fraction of sp³-hybridized carbons (Fsp3) is 0.333. The van der Waals surface area contributed by atoms with Crippen LogP contribution in [0.4, 0.5) is 0 Å². The number of pyridine rings is 1. The maximum atomic E-state index is 5.04. The maximum absolute atomic E-state index is 5.04. The largest absolute Gasteiger partial charge is 0.338 e. The van der Waals surface area contributed by atoms with Crippen molar-refractivity contribution < 1.29 is 0 Å². The lowest BCUT2D eigenvalue weighted by atomic mass is 9.95. The Morgan fingerprint density at radius 3 is 2.78 bits per heavy atom. The number of hydrogen-bond donors (Lipinski definition) is 0. The molecule has 0 aliphatic carbocycles. The average Bonchev–Trinajstić information content (AvgIpc) is 3.15. The molecule has 118 valence electrons. The minimum atomic E-state index is 0.0618. The van der Waals surface area contributed by atoms with Gasteiger partial charge in [-0.3, -0.25) is 9.98 Å². The molecule has 0 unspecified atom stereocenters. The van der Waals surface area contributed by atoms with Crippen LogP contribution in [-0.4, -0.2) is 26.8 Å². The first-order valence-corrected chi connectivity index (χ1v) is 9.71. The first kappa shape index (κ1) is 15.2. The third-order valence-corrected chi connectivity index (χ3v) is 6.40. The molecule has 0 amide bonds. The molecular weight excluding hydrogens is 370 g/mol. The van der Waals surface area contributed by atoms with Crippen LogP contribution in [0.3, 0.4) is 0 Å². The fourth-order valence-electron chi connectivity index (χ4n) is 3.40. The number of amidine groups is 1. The number of halogens is 1. The van der Waals surface area contributed by atoms with Crippen molar-refractivity contribution in [2.45, 2.75) is 31.5 Å². The number of aromatic nitrogens is 1. The summed E-state index contributed by atoms with van der Waals surface area (Å²) in [6.07, 6.45) is 3.00. The van der Waals surface area contributed by atoms with Gasteiger partial charge in [0.2, 0.25) is 0 Å². The summed E-state index contributed by atoms with van der Waals surface area (Å²) in [6, 6.07) is 15.4. The number of hydrogen-bond acceptors (Lipinski definition) is 4. The smallest absolute Gasteiger partial charge is 0.160 e. The third-order valence-electron chi connectivity index (χ3n) is 4.55. The van der Waals surface area contributed by atoms with Crippen LogP contribution >= 0.6 is 27.7 Å². The Hall–Kier alpha value is -1.33. The van der Waals surface area contributed by atoms with Crippen molar-refractivity contribution in [3.8, 4) is 0 Å². The highest BCUT2D eigenvalue weighted by molar-refractivity contribution is 9.10. The minimum Gasteiger partial charge on any atom is -0.338 e. The average molecular weight is 388 g/mol. The molecule has 23 heavy (non-hydrogen) atoms. The topological polar surface area (TPSA) is 28.5 Å². The van der Waals surface area contributed by atoms with Gasteiger partial charge < -0.3 is 4.90 Å². The SMILES string of the molecule is CC[C@H]1CSC2=N[C@@H](c3ccccn3)[C@@H](c3ccccc3Br)N21. The molecule has 1 aromatic carbocycles. The standard InChI is InChI=1S/C18H18BrN3S/c1-2-12-11-23-18-21-16(15-9-5-6-10-20-15)17(22(12)18)13-7-3-4-8-14(13)19/h3-10,12,16-17H,2,11H2,1H3/t12-,16-,17+/m0/s1. The van der Waals surface area contributed by atoms with Crippen LogP contribution < -0.4 is 0 Å². The van der Waals surface area contributed by atoms with Gasteiger partial charge in [0.25, 0.3) is 0 Å². The predicted molar refractivity (Wildman–Crippen MR) is 99.7 cm³/mol. The Morgan fingerprint density at radius 1 is 1.22 bits per heavy atom. The van der Waals surface area contributed by atoms with Gasteiger partial charge in [0, 0.05) is 22.5 Å². The molecule has 5 heteroatoms. The predicted octanol–water partition coefficient (Wildman–Crippen LogP) is 4.82. The van der Waals surface area contributed by atoms with E-state index in [1.807, 2.05) is 30.1 Å². The van der Waals surface area contributed by atoms with Crippen molar-refractivity contribution in [2.75, 3.05) is 5.75 Å². The zero-order valence-electron chi connectivity index (χ0n) is 12.9. The first-order valence-electron chi connectivity index (χ1n) is 7.94. The number of aliphatic imine (C=N–C) groups is 1. The second-order valence-electron chi connectivity index (χ2n) is 5.86. The molecule has 3 atom stereocenters. The maximum Gasteiger partial charge on any atom is 0.160 e. The van der Waals surface area contributed by atoms with Gasteiger partial charge in [0.15, 0.2) is 5.17 Å². The van der Waals surface area contributed by atoms with E-state index >= 15 is 0 Å². The molecule has 1 aromatic heterocycles. The van der Waals surface area contributed by atoms with Crippen LogP contribution in [0.25, 0.3) is 0 Å². The third kappa shape index (κ3) is 2.60. The molecule has 1 fully saturated rings. The lowest BCUT2D eigenvalue weighted by Gasteiger charge is -2.32. The van der Waals surface area contributed by atoms with E-state index in [1.54, 1.807) is 0 Å². The van der Waals surface area contributed by atoms with Gasteiger partial charge in [-0.1, -0.05) is 58.9 Å². The van der Waals surface area contributed by atoms with E-state index in [2.05, 4.69) is 63.1 Å². The van der Waals surface area contributed by atoms with E-state index in [4.69, 9.17) is 4.99 Å².